The molecule has 1 fully saturated rings. The van der Waals surface area contributed by atoms with Gasteiger partial charge in [0.2, 0.25) is 0 Å². The second-order valence-corrected chi connectivity index (χ2v) is 4.92. The average Bonchev–Trinajstić information content (AvgIpc) is 3.02. The fourth-order valence-electron chi connectivity index (χ4n) is 2.41. The Kier molecular flexibility index (Phi) is 3.52. The van der Waals surface area contributed by atoms with Crippen molar-refractivity contribution >= 4 is 0 Å². The van der Waals surface area contributed by atoms with E-state index in [1.165, 1.54) is 0 Å². The van der Waals surface area contributed by atoms with Crippen LogP contribution < -0.4 is 0 Å². The van der Waals surface area contributed by atoms with Crippen LogP contribution >= 0.6 is 0 Å². The van der Waals surface area contributed by atoms with E-state index in [0.29, 0.717) is 6.61 Å². The van der Waals surface area contributed by atoms with Crippen molar-refractivity contribution in [3.63, 3.8) is 0 Å². The highest BCUT2D eigenvalue weighted by molar-refractivity contribution is 5.13. The summed E-state index contributed by atoms with van der Waals surface area (Å²) in [7, 11) is 0. The lowest BCUT2D eigenvalue weighted by Gasteiger charge is -2.51. The van der Waals surface area contributed by atoms with Crippen LogP contribution in [0.4, 0.5) is 0 Å². The summed E-state index contributed by atoms with van der Waals surface area (Å²) < 4.78 is 13.0. The molecule has 1 aliphatic heterocycles. The highest BCUT2D eigenvalue weighted by atomic mass is 16.7. The predicted octanol–water partition coefficient (Wildman–Crippen LogP) is 1.13. The summed E-state index contributed by atoms with van der Waals surface area (Å²) in [4.78, 5) is 0. The van der Waals surface area contributed by atoms with Crippen molar-refractivity contribution < 1.29 is 14.6 Å². The van der Waals surface area contributed by atoms with Gasteiger partial charge >= 0.3 is 0 Å². The molecule has 0 bridgehead atoms. The van der Waals surface area contributed by atoms with E-state index < -0.39 is 5.72 Å². The molecule has 3 rings (SSSR count). The molecule has 1 aromatic heterocycles. The molecule has 0 spiro atoms. The zero-order chi connectivity index (χ0) is 14.0. The number of hydrogen-bond donors (Lipinski definition) is 1. The third-order valence-corrected chi connectivity index (χ3v) is 3.73. The van der Waals surface area contributed by atoms with E-state index in [-0.39, 0.29) is 18.8 Å². The number of aliphatic hydroxyl groups excluding tert-OH is 1. The second kappa shape index (κ2) is 5.32. The lowest BCUT2D eigenvalue weighted by Crippen LogP contribution is -2.63. The number of benzene rings is 1. The van der Waals surface area contributed by atoms with Crippen LogP contribution in [0.1, 0.15) is 12.5 Å². The summed E-state index contributed by atoms with van der Waals surface area (Å²) in [5, 5.41) is 17.3. The van der Waals surface area contributed by atoms with Crippen LogP contribution in [0, 0.1) is 5.92 Å². The second-order valence-electron chi connectivity index (χ2n) is 4.92. The highest BCUT2D eigenvalue weighted by Gasteiger charge is 2.56. The van der Waals surface area contributed by atoms with Crippen LogP contribution in [0.3, 0.4) is 0 Å². The van der Waals surface area contributed by atoms with Gasteiger partial charge in [-0.25, -0.2) is 4.68 Å². The molecule has 0 aliphatic carbocycles. The Morgan fingerprint density at radius 1 is 1.40 bits per heavy atom. The molecule has 0 amide bonds. The minimum absolute atomic E-state index is 0.0158. The van der Waals surface area contributed by atoms with Crippen LogP contribution in [0.5, 0.6) is 0 Å². The summed E-state index contributed by atoms with van der Waals surface area (Å²) >= 11 is 0. The van der Waals surface area contributed by atoms with Crippen LogP contribution in [0.15, 0.2) is 42.7 Å². The largest absolute Gasteiger partial charge is 0.391 e. The molecule has 2 aromatic rings. The quantitative estimate of drug-likeness (QED) is 0.886. The van der Waals surface area contributed by atoms with Gasteiger partial charge in [0.1, 0.15) is 0 Å². The Balaban J connectivity index is 1.62. The molecule has 6 nitrogen and oxygen atoms in total. The first-order valence-electron chi connectivity index (χ1n) is 6.57. The summed E-state index contributed by atoms with van der Waals surface area (Å²) in [5.41, 5.74) is 0.225. The smallest absolute Gasteiger partial charge is 0.195 e. The molecule has 106 valence electrons. The fourth-order valence-corrected chi connectivity index (χ4v) is 2.41. The maximum absolute atomic E-state index is 9.61. The molecule has 3 unspecified atom stereocenters. The lowest BCUT2D eigenvalue weighted by molar-refractivity contribution is -0.399. The molecule has 1 aliphatic rings. The molecule has 1 aromatic carbocycles. The number of rotatable bonds is 5. The van der Waals surface area contributed by atoms with Gasteiger partial charge in [-0.3, -0.25) is 0 Å². The summed E-state index contributed by atoms with van der Waals surface area (Å²) in [6.07, 6.45) is 2.89. The van der Waals surface area contributed by atoms with E-state index in [9.17, 15) is 5.11 Å². The number of nitrogens with zero attached hydrogens (tertiary/aromatic N) is 3. The molecule has 1 saturated heterocycles. The molecular weight excluding hydrogens is 258 g/mol. The van der Waals surface area contributed by atoms with Crippen LogP contribution in [-0.2, 0) is 21.8 Å². The molecule has 6 heteroatoms. The van der Waals surface area contributed by atoms with Crippen molar-refractivity contribution in [1.29, 1.82) is 0 Å². The molecule has 0 saturated carbocycles. The minimum atomic E-state index is -0.863. The SMILES string of the molecule is CC1C(OCc2ccccc2)OC1(CO)n1ccnn1. The Labute approximate surface area is 116 Å². The summed E-state index contributed by atoms with van der Waals surface area (Å²) in [6, 6.07) is 9.90. The predicted molar refractivity (Wildman–Crippen MR) is 70.3 cm³/mol. The zero-order valence-corrected chi connectivity index (χ0v) is 11.2. The standard InChI is InChI=1S/C14H17N3O3/c1-11-13(19-9-12-5-3-2-4-6-12)20-14(11,10-18)17-8-7-15-16-17/h2-8,11,13,18H,9-10H2,1H3. The fraction of sp³-hybridized carbons (Fsp3) is 0.429. The van der Waals surface area contributed by atoms with Crippen molar-refractivity contribution in [2.45, 2.75) is 25.5 Å². The summed E-state index contributed by atoms with van der Waals surface area (Å²) in [5.74, 6) is -0.0158. The van der Waals surface area contributed by atoms with Crippen molar-refractivity contribution in [1.82, 2.24) is 15.0 Å². The Bertz CT molecular complexity index is 546. The molecule has 2 heterocycles. The first-order valence-corrected chi connectivity index (χ1v) is 6.57. The molecular formula is C14H17N3O3. The van der Waals surface area contributed by atoms with E-state index in [0.717, 1.165) is 5.56 Å². The average molecular weight is 275 g/mol. The first-order chi connectivity index (χ1) is 9.76. The third-order valence-electron chi connectivity index (χ3n) is 3.73. The Morgan fingerprint density at radius 2 is 2.20 bits per heavy atom. The van der Waals surface area contributed by atoms with Gasteiger partial charge in [-0.05, 0) is 5.56 Å². The summed E-state index contributed by atoms with van der Waals surface area (Å²) in [6.45, 7) is 2.29. The van der Waals surface area contributed by atoms with E-state index in [2.05, 4.69) is 10.3 Å². The van der Waals surface area contributed by atoms with Crippen molar-refractivity contribution in [3.8, 4) is 0 Å². The van der Waals surface area contributed by atoms with Gasteiger partial charge in [0.25, 0.3) is 0 Å². The molecule has 3 atom stereocenters. The molecule has 1 N–H and O–H groups in total. The van der Waals surface area contributed by atoms with Gasteiger partial charge < -0.3 is 14.6 Å². The lowest BCUT2D eigenvalue weighted by atomic mass is 9.91. The van der Waals surface area contributed by atoms with E-state index in [1.54, 1.807) is 17.1 Å². The minimum Gasteiger partial charge on any atom is -0.391 e. The number of aliphatic hydroxyl groups is 1. The van der Waals surface area contributed by atoms with Gasteiger partial charge in [0, 0.05) is 6.20 Å². The van der Waals surface area contributed by atoms with Crippen LogP contribution in [0.25, 0.3) is 0 Å². The number of aromatic nitrogens is 3. The third kappa shape index (κ3) is 2.11. The highest BCUT2D eigenvalue weighted by Crippen LogP contribution is 2.43. The molecule has 20 heavy (non-hydrogen) atoms. The Morgan fingerprint density at radius 3 is 2.80 bits per heavy atom. The van der Waals surface area contributed by atoms with Crippen molar-refractivity contribution in [3.05, 3.63) is 48.3 Å². The van der Waals surface area contributed by atoms with Gasteiger partial charge in [0.15, 0.2) is 12.0 Å². The maximum Gasteiger partial charge on any atom is 0.195 e. The number of hydrogen-bond acceptors (Lipinski definition) is 5. The van der Waals surface area contributed by atoms with E-state index in [1.807, 2.05) is 37.3 Å². The van der Waals surface area contributed by atoms with Crippen LogP contribution in [-0.4, -0.2) is 33.0 Å². The zero-order valence-electron chi connectivity index (χ0n) is 11.2. The first kappa shape index (κ1) is 13.2. The van der Waals surface area contributed by atoms with E-state index >= 15 is 0 Å². The van der Waals surface area contributed by atoms with Gasteiger partial charge in [0.05, 0.1) is 25.3 Å². The Hall–Kier alpha value is -1.76. The van der Waals surface area contributed by atoms with Crippen molar-refractivity contribution in [2.75, 3.05) is 6.61 Å². The van der Waals surface area contributed by atoms with Gasteiger partial charge in [-0.1, -0.05) is 42.5 Å². The van der Waals surface area contributed by atoms with Gasteiger partial charge in [-0.2, -0.15) is 0 Å². The van der Waals surface area contributed by atoms with Crippen LogP contribution in [0.2, 0.25) is 0 Å². The van der Waals surface area contributed by atoms with Crippen molar-refractivity contribution in [2.24, 2.45) is 5.92 Å². The molecule has 0 radical (unpaired) electrons. The monoisotopic (exact) mass is 275 g/mol. The number of ether oxygens (including phenoxy) is 2. The topological polar surface area (TPSA) is 69.4 Å². The van der Waals surface area contributed by atoms with Gasteiger partial charge in [-0.15, -0.1) is 5.10 Å². The normalized spacial score (nSPS) is 29.1. The van der Waals surface area contributed by atoms with E-state index in [4.69, 9.17) is 9.47 Å². The maximum atomic E-state index is 9.61.